The highest BCUT2D eigenvalue weighted by atomic mass is 35.5. The number of carbonyl (C=O) groups is 3. The first-order valence-electron chi connectivity index (χ1n) is 16.2. The van der Waals surface area contributed by atoms with Gasteiger partial charge in [-0.1, -0.05) is 136 Å². The van der Waals surface area contributed by atoms with Gasteiger partial charge in [0.2, 0.25) is 5.91 Å². The van der Waals surface area contributed by atoms with E-state index in [2.05, 4.69) is 12.2 Å². The molecule has 0 aliphatic carbocycles. The molecule has 0 saturated heterocycles. The second-order valence-corrected chi connectivity index (χ2v) is 12.5. The number of ether oxygens (including phenoxy) is 1. The fourth-order valence-corrected chi connectivity index (χ4v) is 5.04. The van der Waals surface area contributed by atoms with E-state index < -0.39 is 23.2 Å². The lowest BCUT2D eigenvalue weighted by atomic mass is 9.79. The molecule has 3 N–H and O–H groups in total. The van der Waals surface area contributed by atoms with Gasteiger partial charge in [0.1, 0.15) is 0 Å². The van der Waals surface area contributed by atoms with Crippen LogP contribution in [0.25, 0.3) is 0 Å². The molecule has 6 nitrogen and oxygen atoms in total. The van der Waals surface area contributed by atoms with Gasteiger partial charge in [-0.2, -0.15) is 0 Å². The summed E-state index contributed by atoms with van der Waals surface area (Å²) in [5, 5.41) is 3.07. The van der Waals surface area contributed by atoms with Crippen LogP contribution >= 0.6 is 11.6 Å². The van der Waals surface area contributed by atoms with Gasteiger partial charge in [-0.15, -0.1) is 0 Å². The van der Waals surface area contributed by atoms with Crippen molar-refractivity contribution in [3.63, 3.8) is 0 Å². The van der Waals surface area contributed by atoms with Gasteiger partial charge in [-0.05, 0) is 31.0 Å². The Bertz CT molecular complexity index is 903. The van der Waals surface area contributed by atoms with E-state index in [0.29, 0.717) is 29.3 Å². The first-order valence-corrected chi connectivity index (χ1v) is 16.6. The molecule has 0 aromatic heterocycles. The molecule has 1 aromatic rings. The Morgan fingerprint density at radius 1 is 0.829 bits per heavy atom. The zero-order chi connectivity index (χ0) is 30.5. The molecule has 1 rings (SSSR count). The number of hydrogen-bond acceptors (Lipinski definition) is 5. The minimum atomic E-state index is -0.833. The number of anilines is 1. The lowest BCUT2D eigenvalue weighted by molar-refractivity contribution is -0.137. The summed E-state index contributed by atoms with van der Waals surface area (Å²) in [6.07, 6.45) is 19.8. The number of unbranched alkanes of at least 4 members (excludes halogenated alkanes) is 14. The van der Waals surface area contributed by atoms with Crippen molar-refractivity contribution >= 4 is 34.9 Å². The summed E-state index contributed by atoms with van der Waals surface area (Å²) in [6.45, 7) is 8.30. The van der Waals surface area contributed by atoms with E-state index in [9.17, 15) is 14.4 Å². The molecular formula is C34H57ClN2O4. The van der Waals surface area contributed by atoms with Crippen molar-refractivity contribution in [2.45, 2.75) is 137 Å². The largest absolute Gasteiger partial charge is 0.462 e. The maximum atomic E-state index is 13.1. The normalized spacial score (nSPS) is 12.2. The summed E-state index contributed by atoms with van der Waals surface area (Å²) < 4.78 is 5.47. The van der Waals surface area contributed by atoms with Crippen LogP contribution in [-0.2, 0) is 14.3 Å². The van der Waals surface area contributed by atoms with Crippen molar-refractivity contribution in [1.29, 1.82) is 0 Å². The molecule has 1 aromatic carbocycles. The average molecular weight is 593 g/mol. The monoisotopic (exact) mass is 592 g/mol. The molecule has 234 valence electrons. The van der Waals surface area contributed by atoms with Crippen LogP contribution in [0.3, 0.4) is 0 Å². The van der Waals surface area contributed by atoms with Gasteiger partial charge in [0, 0.05) is 12.0 Å². The fourth-order valence-electron chi connectivity index (χ4n) is 4.87. The van der Waals surface area contributed by atoms with E-state index >= 15 is 0 Å². The van der Waals surface area contributed by atoms with E-state index in [1.807, 2.05) is 6.92 Å². The number of esters is 1. The second-order valence-electron chi connectivity index (χ2n) is 12.1. The first-order chi connectivity index (χ1) is 19.7. The standard InChI is InChI=1S/C34H57ClN2O4/c1-5-7-9-10-11-12-13-14-15-16-17-18-19-20-24-41-33(40)27-22-23-29(35)30(25-27)37-32(39)28(21-8-6-2)31(38)34(3,4)26-36/h22-23,25,28H,5-21,24,26,36H2,1-4H3,(H,37,39). The predicted molar refractivity (Wildman–Crippen MR) is 172 cm³/mol. The summed E-state index contributed by atoms with van der Waals surface area (Å²) in [6, 6.07) is 4.67. The number of carbonyl (C=O) groups excluding carboxylic acids is 3. The molecule has 0 aliphatic heterocycles. The fraction of sp³-hybridized carbons (Fsp3) is 0.735. The highest BCUT2D eigenvalue weighted by molar-refractivity contribution is 6.34. The minimum absolute atomic E-state index is 0.156. The van der Waals surface area contributed by atoms with Crippen molar-refractivity contribution in [2.24, 2.45) is 17.1 Å². The Morgan fingerprint density at radius 2 is 1.34 bits per heavy atom. The van der Waals surface area contributed by atoms with Crippen molar-refractivity contribution in [3.8, 4) is 0 Å². The van der Waals surface area contributed by atoms with Crippen LogP contribution in [-0.4, -0.2) is 30.8 Å². The summed E-state index contributed by atoms with van der Waals surface area (Å²) >= 11 is 6.32. The van der Waals surface area contributed by atoms with Crippen molar-refractivity contribution in [3.05, 3.63) is 28.8 Å². The van der Waals surface area contributed by atoms with E-state index in [0.717, 1.165) is 32.1 Å². The number of nitrogens with two attached hydrogens (primary N) is 1. The highest BCUT2D eigenvalue weighted by Gasteiger charge is 2.36. The molecule has 0 radical (unpaired) electrons. The Hall–Kier alpha value is -1.92. The lowest BCUT2D eigenvalue weighted by Gasteiger charge is -2.26. The van der Waals surface area contributed by atoms with Crippen LogP contribution in [0.15, 0.2) is 18.2 Å². The van der Waals surface area contributed by atoms with Gasteiger partial charge < -0.3 is 15.8 Å². The number of amides is 1. The number of ketones is 1. The molecular weight excluding hydrogens is 536 g/mol. The molecule has 1 atom stereocenters. The molecule has 0 spiro atoms. The summed E-state index contributed by atoms with van der Waals surface area (Å²) in [5.41, 5.74) is 5.59. The molecule has 1 unspecified atom stereocenters. The lowest BCUT2D eigenvalue weighted by Crippen LogP contribution is -2.42. The number of benzene rings is 1. The molecule has 0 bridgehead atoms. The van der Waals surface area contributed by atoms with Gasteiger partial charge >= 0.3 is 5.97 Å². The third-order valence-corrected chi connectivity index (χ3v) is 8.18. The van der Waals surface area contributed by atoms with Crippen LogP contribution in [0.5, 0.6) is 0 Å². The van der Waals surface area contributed by atoms with Gasteiger partial charge in [-0.3, -0.25) is 9.59 Å². The van der Waals surface area contributed by atoms with Gasteiger partial charge in [0.05, 0.1) is 28.8 Å². The van der Waals surface area contributed by atoms with Crippen LogP contribution in [0.4, 0.5) is 5.69 Å². The van der Waals surface area contributed by atoms with Gasteiger partial charge in [0.15, 0.2) is 5.78 Å². The topological polar surface area (TPSA) is 98.5 Å². The zero-order valence-corrected chi connectivity index (χ0v) is 27.1. The van der Waals surface area contributed by atoms with E-state index in [4.69, 9.17) is 22.1 Å². The third-order valence-electron chi connectivity index (χ3n) is 7.85. The zero-order valence-electron chi connectivity index (χ0n) is 26.3. The first kappa shape index (κ1) is 37.1. The quantitative estimate of drug-likeness (QED) is 0.0707. The number of Topliss-reactive ketones (excluding diaryl/α,β-unsaturated/α-hetero) is 1. The third kappa shape index (κ3) is 15.2. The number of nitrogens with one attached hydrogen (secondary N) is 1. The molecule has 0 heterocycles. The SMILES string of the molecule is CCCCCCCCCCCCCCCCOC(=O)c1ccc(Cl)c(NC(=O)C(CCCC)C(=O)C(C)(C)CN)c1. The van der Waals surface area contributed by atoms with Crippen molar-refractivity contribution in [2.75, 3.05) is 18.5 Å². The number of hydrogen-bond donors (Lipinski definition) is 2. The van der Waals surface area contributed by atoms with Gasteiger partial charge in [-0.25, -0.2) is 4.79 Å². The summed E-state index contributed by atoms with van der Waals surface area (Å²) in [5.74, 6) is -1.90. The van der Waals surface area contributed by atoms with Gasteiger partial charge in [0.25, 0.3) is 0 Å². The van der Waals surface area contributed by atoms with E-state index in [-0.39, 0.29) is 12.3 Å². The second kappa shape index (κ2) is 21.7. The molecule has 7 heteroatoms. The molecule has 0 saturated carbocycles. The Kier molecular flexibility index (Phi) is 19.7. The van der Waals surface area contributed by atoms with Crippen LogP contribution < -0.4 is 11.1 Å². The average Bonchev–Trinajstić information content (AvgIpc) is 2.96. The van der Waals surface area contributed by atoms with E-state index in [1.165, 1.54) is 76.7 Å². The molecule has 41 heavy (non-hydrogen) atoms. The molecule has 0 fully saturated rings. The molecule has 1 amide bonds. The highest BCUT2D eigenvalue weighted by Crippen LogP contribution is 2.28. The molecule has 0 aliphatic rings. The predicted octanol–water partition coefficient (Wildman–Crippen LogP) is 9.28. The van der Waals surface area contributed by atoms with Crippen LogP contribution in [0.2, 0.25) is 5.02 Å². The Labute approximate surface area is 254 Å². The summed E-state index contributed by atoms with van der Waals surface area (Å²) in [7, 11) is 0. The number of halogens is 1. The minimum Gasteiger partial charge on any atom is -0.462 e. The van der Waals surface area contributed by atoms with Crippen LogP contribution in [0.1, 0.15) is 147 Å². The maximum absolute atomic E-state index is 13.1. The van der Waals surface area contributed by atoms with Crippen molar-refractivity contribution < 1.29 is 19.1 Å². The van der Waals surface area contributed by atoms with Crippen LogP contribution in [0, 0.1) is 11.3 Å². The Morgan fingerprint density at radius 3 is 1.85 bits per heavy atom. The summed E-state index contributed by atoms with van der Waals surface area (Å²) in [4.78, 5) is 38.8. The number of rotatable bonds is 24. The van der Waals surface area contributed by atoms with Crippen molar-refractivity contribution in [1.82, 2.24) is 0 Å². The van der Waals surface area contributed by atoms with E-state index in [1.54, 1.807) is 26.0 Å². The smallest absolute Gasteiger partial charge is 0.338 e. The maximum Gasteiger partial charge on any atom is 0.338 e. The Balaban J connectivity index is 2.41.